The van der Waals surface area contributed by atoms with E-state index in [9.17, 15) is 4.79 Å². The maximum absolute atomic E-state index is 12.5. The fourth-order valence-corrected chi connectivity index (χ4v) is 3.61. The number of ether oxygens (including phenoxy) is 1. The zero-order valence-electron chi connectivity index (χ0n) is 16.1. The van der Waals surface area contributed by atoms with Gasteiger partial charge >= 0.3 is 6.03 Å². The number of oxazole rings is 1. The van der Waals surface area contributed by atoms with Crippen LogP contribution in [0.4, 0.5) is 16.2 Å². The minimum absolute atomic E-state index is 0.0798. The number of nitrogens with one attached hydrogen (secondary N) is 2. The number of piperidine rings is 1. The van der Waals surface area contributed by atoms with Crippen molar-refractivity contribution in [3.8, 4) is 5.75 Å². The largest absolute Gasteiger partial charge is 0.497 e. The first-order valence-electron chi connectivity index (χ1n) is 9.44. The van der Waals surface area contributed by atoms with Crippen molar-refractivity contribution in [3.05, 3.63) is 48.4 Å². The average Bonchev–Trinajstić information content (AvgIpc) is 3.07. The van der Waals surface area contributed by atoms with E-state index in [4.69, 9.17) is 9.15 Å². The summed E-state index contributed by atoms with van der Waals surface area (Å²) in [4.78, 5) is 19.0. The van der Waals surface area contributed by atoms with Crippen LogP contribution >= 0.6 is 0 Å². The first-order chi connectivity index (χ1) is 13.6. The van der Waals surface area contributed by atoms with Gasteiger partial charge in [-0.1, -0.05) is 6.07 Å². The van der Waals surface area contributed by atoms with E-state index in [2.05, 4.69) is 26.6 Å². The zero-order chi connectivity index (χ0) is 19.5. The Morgan fingerprint density at radius 1 is 1.29 bits per heavy atom. The normalized spacial score (nSPS) is 16.8. The number of fused-ring (bicyclic) bond motifs is 1. The number of methoxy groups -OCH3 is 1. The number of nitrogens with zero attached hydrogens (tertiary/aromatic N) is 2. The maximum atomic E-state index is 12.5. The molecule has 0 spiro atoms. The summed E-state index contributed by atoms with van der Waals surface area (Å²) in [6.45, 7) is 3.53. The molecular formula is C21H24N4O3. The Bertz CT molecular complexity index is 985. The molecule has 1 atom stereocenters. The summed E-state index contributed by atoms with van der Waals surface area (Å²) in [6.07, 6.45) is 1.97. The lowest BCUT2D eigenvalue weighted by Gasteiger charge is -2.34. The number of carbonyl (C=O) groups is 1. The van der Waals surface area contributed by atoms with Crippen LogP contribution in [-0.4, -0.2) is 37.3 Å². The predicted octanol–water partition coefficient (Wildman–Crippen LogP) is 3.94. The smallest absolute Gasteiger partial charge is 0.319 e. The van der Waals surface area contributed by atoms with Crippen LogP contribution in [0.5, 0.6) is 5.75 Å². The number of rotatable bonds is 4. The van der Waals surface area contributed by atoms with E-state index in [-0.39, 0.29) is 12.1 Å². The third kappa shape index (κ3) is 4.03. The Morgan fingerprint density at radius 3 is 3.04 bits per heavy atom. The van der Waals surface area contributed by atoms with E-state index >= 15 is 0 Å². The molecule has 0 bridgehead atoms. The summed E-state index contributed by atoms with van der Waals surface area (Å²) < 4.78 is 10.8. The summed E-state index contributed by atoms with van der Waals surface area (Å²) in [5, 5.41) is 5.97. The number of benzene rings is 2. The molecule has 1 aliphatic heterocycles. The first kappa shape index (κ1) is 18.2. The van der Waals surface area contributed by atoms with Crippen LogP contribution in [0, 0.1) is 6.92 Å². The van der Waals surface area contributed by atoms with Crippen LogP contribution in [0.1, 0.15) is 18.7 Å². The van der Waals surface area contributed by atoms with Crippen LogP contribution in [0.2, 0.25) is 0 Å². The molecule has 1 saturated heterocycles. The van der Waals surface area contributed by atoms with Crippen molar-refractivity contribution < 1.29 is 13.9 Å². The number of urea groups is 1. The second-order valence-corrected chi connectivity index (χ2v) is 7.00. The number of amides is 2. The third-order valence-electron chi connectivity index (χ3n) is 4.93. The summed E-state index contributed by atoms with van der Waals surface area (Å²) >= 11 is 0. The van der Waals surface area contributed by atoms with Crippen molar-refractivity contribution in [1.29, 1.82) is 0 Å². The molecule has 2 aromatic carbocycles. The molecule has 4 rings (SSSR count). The van der Waals surface area contributed by atoms with Crippen molar-refractivity contribution in [2.75, 3.05) is 30.4 Å². The lowest BCUT2D eigenvalue weighted by molar-refractivity contribution is 0.246. The van der Waals surface area contributed by atoms with Gasteiger partial charge in [-0.05, 0) is 37.1 Å². The highest BCUT2D eigenvalue weighted by molar-refractivity contribution is 5.91. The Hall–Kier alpha value is -3.22. The molecule has 7 nitrogen and oxygen atoms in total. The van der Waals surface area contributed by atoms with E-state index < -0.39 is 0 Å². The number of aromatic nitrogens is 1. The SMILES string of the molecule is COc1cccc(N2CCCC(NC(=O)Nc3ccc4nc(C)oc4c3)C2)c1. The van der Waals surface area contributed by atoms with Gasteiger partial charge in [0, 0.05) is 49.6 Å². The monoisotopic (exact) mass is 380 g/mol. The Balaban J connectivity index is 1.37. The topological polar surface area (TPSA) is 79.6 Å². The number of aryl methyl sites for hydroxylation is 1. The second kappa shape index (κ2) is 7.80. The predicted molar refractivity (Wildman–Crippen MR) is 109 cm³/mol. The molecule has 0 aliphatic carbocycles. The molecule has 3 aromatic rings. The third-order valence-corrected chi connectivity index (χ3v) is 4.93. The molecule has 1 aromatic heterocycles. The van der Waals surface area contributed by atoms with Gasteiger partial charge in [0.05, 0.1) is 7.11 Å². The molecule has 0 saturated carbocycles. The van der Waals surface area contributed by atoms with Gasteiger partial charge in [-0.15, -0.1) is 0 Å². The molecule has 1 fully saturated rings. The van der Waals surface area contributed by atoms with E-state index in [1.54, 1.807) is 20.1 Å². The molecule has 2 heterocycles. The second-order valence-electron chi connectivity index (χ2n) is 7.00. The van der Waals surface area contributed by atoms with Crippen molar-refractivity contribution >= 4 is 28.5 Å². The fraction of sp³-hybridized carbons (Fsp3) is 0.333. The van der Waals surface area contributed by atoms with Crippen molar-refractivity contribution in [3.63, 3.8) is 0 Å². The molecule has 1 unspecified atom stereocenters. The highest BCUT2D eigenvalue weighted by Crippen LogP contribution is 2.24. The molecule has 0 radical (unpaired) electrons. The van der Waals surface area contributed by atoms with E-state index in [0.29, 0.717) is 17.2 Å². The summed E-state index contributed by atoms with van der Waals surface area (Å²) in [6, 6.07) is 13.3. The Kier molecular flexibility index (Phi) is 5.06. The van der Waals surface area contributed by atoms with Crippen LogP contribution in [-0.2, 0) is 0 Å². The minimum Gasteiger partial charge on any atom is -0.497 e. The number of carbonyl (C=O) groups excluding carboxylic acids is 1. The van der Waals surface area contributed by atoms with Crippen molar-refractivity contribution in [1.82, 2.24) is 10.3 Å². The molecular weight excluding hydrogens is 356 g/mol. The van der Waals surface area contributed by atoms with Gasteiger partial charge in [-0.25, -0.2) is 9.78 Å². The van der Waals surface area contributed by atoms with Crippen LogP contribution in [0.3, 0.4) is 0 Å². The fourth-order valence-electron chi connectivity index (χ4n) is 3.61. The number of anilines is 2. The standard InChI is InChI=1S/C21H24N4O3/c1-14-22-19-9-8-15(11-20(19)28-14)23-21(26)24-16-5-4-10-25(13-16)17-6-3-7-18(12-17)27-2/h3,6-9,11-12,16H,4-5,10,13H2,1-2H3,(H2,23,24,26). The minimum atomic E-state index is -0.215. The van der Waals surface area contributed by atoms with Gasteiger partial charge in [0.15, 0.2) is 11.5 Å². The zero-order valence-corrected chi connectivity index (χ0v) is 16.1. The summed E-state index contributed by atoms with van der Waals surface area (Å²) in [7, 11) is 1.67. The maximum Gasteiger partial charge on any atom is 0.319 e. The summed E-state index contributed by atoms with van der Waals surface area (Å²) in [5.74, 6) is 1.44. The van der Waals surface area contributed by atoms with Crippen LogP contribution in [0.25, 0.3) is 11.1 Å². The molecule has 1 aliphatic rings. The average molecular weight is 380 g/mol. The van der Waals surface area contributed by atoms with Gasteiger partial charge in [0.2, 0.25) is 0 Å². The Morgan fingerprint density at radius 2 is 2.18 bits per heavy atom. The Labute approximate surface area is 163 Å². The first-order valence-corrected chi connectivity index (χ1v) is 9.44. The molecule has 2 N–H and O–H groups in total. The van der Waals surface area contributed by atoms with Crippen LogP contribution in [0.15, 0.2) is 46.9 Å². The molecule has 7 heteroatoms. The van der Waals surface area contributed by atoms with Crippen LogP contribution < -0.4 is 20.3 Å². The molecule has 28 heavy (non-hydrogen) atoms. The lowest BCUT2D eigenvalue weighted by Crippen LogP contribution is -2.49. The van der Waals surface area contributed by atoms with Gasteiger partial charge in [0.1, 0.15) is 11.3 Å². The van der Waals surface area contributed by atoms with Gasteiger partial charge in [-0.2, -0.15) is 0 Å². The van der Waals surface area contributed by atoms with E-state index in [1.807, 2.05) is 30.3 Å². The highest BCUT2D eigenvalue weighted by Gasteiger charge is 2.22. The van der Waals surface area contributed by atoms with E-state index in [1.165, 1.54) is 0 Å². The van der Waals surface area contributed by atoms with Gasteiger partial charge in [-0.3, -0.25) is 0 Å². The molecule has 146 valence electrons. The van der Waals surface area contributed by atoms with E-state index in [0.717, 1.165) is 42.9 Å². The van der Waals surface area contributed by atoms with Gasteiger partial charge in [0.25, 0.3) is 0 Å². The molecule has 2 amide bonds. The van der Waals surface area contributed by atoms with Crippen molar-refractivity contribution in [2.45, 2.75) is 25.8 Å². The number of hydrogen-bond donors (Lipinski definition) is 2. The van der Waals surface area contributed by atoms with Gasteiger partial charge < -0.3 is 24.7 Å². The highest BCUT2D eigenvalue weighted by atomic mass is 16.5. The number of hydrogen-bond acceptors (Lipinski definition) is 5. The lowest BCUT2D eigenvalue weighted by atomic mass is 10.0. The summed E-state index contributed by atoms with van der Waals surface area (Å²) in [5.41, 5.74) is 3.24. The quantitative estimate of drug-likeness (QED) is 0.717. The van der Waals surface area contributed by atoms with Crippen molar-refractivity contribution in [2.24, 2.45) is 0 Å².